The third-order valence-corrected chi connectivity index (χ3v) is 5.38. The SMILES string of the molecule is Cc1cc(CN2CCC(n3cncn3)CC2)cc(C)c1OCc1ccccn1. The maximum atomic E-state index is 6.06. The summed E-state index contributed by atoms with van der Waals surface area (Å²) < 4.78 is 8.06. The average molecular weight is 377 g/mol. The molecule has 6 nitrogen and oxygen atoms in total. The van der Waals surface area contributed by atoms with Gasteiger partial charge in [0, 0.05) is 25.8 Å². The molecule has 0 unspecified atom stereocenters. The first-order valence-corrected chi connectivity index (χ1v) is 9.88. The molecule has 3 heterocycles. The van der Waals surface area contributed by atoms with Crippen molar-refractivity contribution in [3.63, 3.8) is 0 Å². The maximum absolute atomic E-state index is 6.06. The van der Waals surface area contributed by atoms with Crippen LogP contribution in [0.2, 0.25) is 0 Å². The predicted octanol–water partition coefficient (Wildman–Crippen LogP) is 3.71. The fourth-order valence-corrected chi connectivity index (χ4v) is 3.99. The third-order valence-electron chi connectivity index (χ3n) is 5.38. The molecule has 1 aliphatic rings. The molecule has 0 saturated carbocycles. The second-order valence-corrected chi connectivity index (χ2v) is 7.55. The molecule has 6 heteroatoms. The number of ether oxygens (including phenoxy) is 1. The van der Waals surface area contributed by atoms with Gasteiger partial charge < -0.3 is 4.74 Å². The molecule has 0 radical (unpaired) electrons. The third kappa shape index (κ3) is 4.39. The highest BCUT2D eigenvalue weighted by atomic mass is 16.5. The molecular formula is C22H27N5O. The maximum Gasteiger partial charge on any atom is 0.137 e. The van der Waals surface area contributed by atoms with E-state index in [0.717, 1.165) is 43.9 Å². The van der Waals surface area contributed by atoms with Crippen molar-refractivity contribution >= 4 is 0 Å². The first-order chi connectivity index (χ1) is 13.7. The fraction of sp³-hybridized carbons (Fsp3) is 0.409. The summed E-state index contributed by atoms with van der Waals surface area (Å²) in [6.07, 6.45) is 7.49. The standard InChI is InChI=1S/C22H27N5O/c1-17-11-19(12-18(2)22(17)28-14-20-5-3-4-8-24-20)13-26-9-6-21(7-10-26)27-16-23-15-25-27/h3-5,8,11-12,15-16,21H,6-7,9-10,13-14H2,1-2H3. The van der Waals surface area contributed by atoms with Gasteiger partial charge >= 0.3 is 0 Å². The molecule has 1 aromatic carbocycles. The van der Waals surface area contributed by atoms with Gasteiger partial charge in [-0.1, -0.05) is 18.2 Å². The molecule has 0 atom stereocenters. The summed E-state index contributed by atoms with van der Waals surface area (Å²) in [5.74, 6) is 0.972. The smallest absolute Gasteiger partial charge is 0.137 e. The lowest BCUT2D eigenvalue weighted by Gasteiger charge is -2.32. The van der Waals surface area contributed by atoms with E-state index in [1.165, 1.54) is 16.7 Å². The number of likely N-dealkylation sites (tertiary alicyclic amines) is 1. The Morgan fingerprint density at radius 2 is 1.89 bits per heavy atom. The molecule has 0 spiro atoms. The van der Waals surface area contributed by atoms with Crippen molar-refractivity contribution < 1.29 is 4.74 Å². The van der Waals surface area contributed by atoms with Crippen molar-refractivity contribution in [2.24, 2.45) is 0 Å². The summed E-state index contributed by atoms with van der Waals surface area (Å²) in [6.45, 7) is 7.90. The number of hydrogen-bond acceptors (Lipinski definition) is 5. The van der Waals surface area contributed by atoms with Crippen LogP contribution in [0.1, 0.15) is 41.3 Å². The minimum Gasteiger partial charge on any atom is -0.487 e. The normalized spacial score (nSPS) is 15.6. The number of benzene rings is 1. The summed E-state index contributed by atoms with van der Waals surface area (Å²) in [6, 6.07) is 10.9. The quantitative estimate of drug-likeness (QED) is 0.655. The first-order valence-electron chi connectivity index (χ1n) is 9.88. The average Bonchev–Trinajstić information content (AvgIpc) is 3.24. The Kier molecular flexibility index (Phi) is 5.67. The Labute approximate surface area is 166 Å². The summed E-state index contributed by atoms with van der Waals surface area (Å²) in [5, 5.41) is 4.29. The van der Waals surface area contributed by atoms with Gasteiger partial charge in [-0.15, -0.1) is 0 Å². The molecule has 0 aliphatic carbocycles. The van der Waals surface area contributed by atoms with Crippen molar-refractivity contribution in [2.75, 3.05) is 13.1 Å². The number of piperidine rings is 1. The van der Waals surface area contributed by atoms with E-state index in [0.29, 0.717) is 12.6 Å². The second-order valence-electron chi connectivity index (χ2n) is 7.55. The molecule has 0 amide bonds. The van der Waals surface area contributed by atoms with Crippen LogP contribution in [0.15, 0.2) is 49.2 Å². The van der Waals surface area contributed by atoms with Crippen LogP contribution in [-0.4, -0.2) is 37.7 Å². The van der Waals surface area contributed by atoms with E-state index in [2.05, 4.69) is 45.9 Å². The number of rotatable bonds is 6. The molecule has 1 saturated heterocycles. The Morgan fingerprint density at radius 1 is 1.11 bits per heavy atom. The zero-order chi connectivity index (χ0) is 19.3. The Balaban J connectivity index is 1.35. The molecule has 1 aliphatic heterocycles. The minimum absolute atomic E-state index is 0.476. The van der Waals surface area contributed by atoms with Crippen LogP contribution in [-0.2, 0) is 13.2 Å². The molecule has 1 fully saturated rings. The van der Waals surface area contributed by atoms with Crippen LogP contribution in [0.3, 0.4) is 0 Å². The van der Waals surface area contributed by atoms with Gasteiger partial charge in [-0.05, 0) is 55.5 Å². The van der Waals surface area contributed by atoms with Gasteiger partial charge in [-0.3, -0.25) is 9.88 Å². The van der Waals surface area contributed by atoms with Gasteiger partial charge in [-0.2, -0.15) is 5.10 Å². The van der Waals surface area contributed by atoms with Crippen LogP contribution in [0.4, 0.5) is 0 Å². The van der Waals surface area contributed by atoms with Gasteiger partial charge in [0.25, 0.3) is 0 Å². The molecule has 4 rings (SSSR count). The zero-order valence-electron chi connectivity index (χ0n) is 16.6. The van der Waals surface area contributed by atoms with Crippen molar-refractivity contribution in [1.29, 1.82) is 0 Å². The molecule has 146 valence electrons. The van der Waals surface area contributed by atoms with E-state index in [-0.39, 0.29) is 0 Å². The van der Waals surface area contributed by atoms with Gasteiger partial charge in [0.05, 0.1) is 11.7 Å². The second kappa shape index (κ2) is 8.52. The van der Waals surface area contributed by atoms with Crippen LogP contribution >= 0.6 is 0 Å². The summed E-state index contributed by atoms with van der Waals surface area (Å²) in [5.41, 5.74) is 4.66. The summed E-state index contributed by atoms with van der Waals surface area (Å²) in [7, 11) is 0. The van der Waals surface area contributed by atoms with Crippen LogP contribution in [0.5, 0.6) is 5.75 Å². The van der Waals surface area contributed by atoms with Crippen molar-refractivity contribution in [1.82, 2.24) is 24.6 Å². The zero-order valence-corrected chi connectivity index (χ0v) is 16.6. The van der Waals surface area contributed by atoms with Crippen molar-refractivity contribution in [2.45, 2.75) is 45.9 Å². The Bertz CT molecular complexity index is 864. The van der Waals surface area contributed by atoms with Crippen LogP contribution in [0.25, 0.3) is 0 Å². The topological polar surface area (TPSA) is 56.1 Å². The molecule has 2 aromatic heterocycles. The number of pyridine rings is 1. The van der Waals surface area contributed by atoms with E-state index in [9.17, 15) is 0 Å². The molecule has 0 bridgehead atoms. The predicted molar refractivity (Wildman–Crippen MR) is 108 cm³/mol. The highest BCUT2D eigenvalue weighted by molar-refractivity contribution is 5.43. The van der Waals surface area contributed by atoms with Gasteiger partial charge in [0.1, 0.15) is 25.0 Å². The Morgan fingerprint density at radius 3 is 2.54 bits per heavy atom. The molecule has 0 N–H and O–H groups in total. The van der Waals surface area contributed by atoms with Crippen LogP contribution in [0, 0.1) is 13.8 Å². The minimum atomic E-state index is 0.476. The molecule has 3 aromatic rings. The first kappa shape index (κ1) is 18.6. The Hall–Kier alpha value is -2.73. The van der Waals surface area contributed by atoms with E-state index < -0.39 is 0 Å². The fourth-order valence-electron chi connectivity index (χ4n) is 3.99. The summed E-state index contributed by atoms with van der Waals surface area (Å²) in [4.78, 5) is 10.9. The van der Waals surface area contributed by atoms with Crippen molar-refractivity contribution in [3.05, 3.63) is 71.6 Å². The lowest BCUT2D eigenvalue weighted by molar-refractivity contribution is 0.173. The van der Waals surface area contributed by atoms with E-state index in [1.807, 2.05) is 29.2 Å². The highest BCUT2D eigenvalue weighted by Crippen LogP contribution is 2.28. The number of hydrogen-bond donors (Lipinski definition) is 0. The van der Waals surface area contributed by atoms with Gasteiger partial charge in [-0.25, -0.2) is 9.67 Å². The van der Waals surface area contributed by atoms with E-state index >= 15 is 0 Å². The largest absolute Gasteiger partial charge is 0.487 e. The number of aryl methyl sites for hydroxylation is 2. The van der Waals surface area contributed by atoms with E-state index in [1.54, 1.807) is 12.5 Å². The lowest BCUT2D eigenvalue weighted by Crippen LogP contribution is -2.34. The number of aromatic nitrogens is 4. The number of nitrogens with zero attached hydrogens (tertiary/aromatic N) is 5. The van der Waals surface area contributed by atoms with Crippen LogP contribution < -0.4 is 4.74 Å². The summed E-state index contributed by atoms with van der Waals surface area (Å²) >= 11 is 0. The van der Waals surface area contributed by atoms with E-state index in [4.69, 9.17) is 4.74 Å². The highest BCUT2D eigenvalue weighted by Gasteiger charge is 2.21. The molecule has 28 heavy (non-hydrogen) atoms. The van der Waals surface area contributed by atoms with Gasteiger partial charge in [0.15, 0.2) is 0 Å². The van der Waals surface area contributed by atoms with Crippen molar-refractivity contribution in [3.8, 4) is 5.75 Å². The molecular weight excluding hydrogens is 350 g/mol. The lowest BCUT2D eigenvalue weighted by atomic mass is 10.0. The van der Waals surface area contributed by atoms with Gasteiger partial charge in [0.2, 0.25) is 0 Å². The monoisotopic (exact) mass is 377 g/mol.